The van der Waals surface area contributed by atoms with Crippen molar-refractivity contribution in [2.24, 2.45) is 0 Å². The summed E-state index contributed by atoms with van der Waals surface area (Å²) in [6.45, 7) is 0. The molecule has 0 aliphatic rings. The highest BCUT2D eigenvalue weighted by Crippen LogP contribution is 2.15. The van der Waals surface area contributed by atoms with Gasteiger partial charge >= 0.3 is 6.09 Å². The van der Waals surface area contributed by atoms with Crippen LogP contribution in [0, 0.1) is 0 Å². The molecule has 2 aromatic carbocycles. The monoisotopic (exact) mass is 301 g/mol. The van der Waals surface area contributed by atoms with Crippen molar-refractivity contribution in [2.45, 2.75) is 0 Å². The largest absolute Gasteiger partial charge is 0.438 e. The second kappa shape index (κ2) is 7.25. The molecule has 0 aromatic heterocycles. The second-order valence-corrected chi connectivity index (χ2v) is 4.45. The highest BCUT2D eigenvalue weighted by Gasteiger charge is 2.18. The average molecular weight is 301 g/mol. The normalized spacial score (nSPS) is 9.57. The number of amides is 1. The van der Waals surface area contributed by atoms with Gasteiger partial charge in [-0.15, -0.1) is 0 Å². The van der Waals surface area contributed by atoms with Crippen LogP contribution in [-0.4, -0.2) is 18.3 Å². The fourth-order valence-electron chi connectivity index (χ4n) is 1.59. The van der Waals surface area contributed by atoms with Gasteiger partial charge in [0.15, 0.2) is 5.11 Å². The van der Waals surface area contributed by atoms with Crippen LogP contribution in [0.4, 0.5) is 10.5 Å². The quantitative estimate of drug-likeness (QED) is 0.660. The van der Waals surface area contributed by atoms with Crippen LogP contribution in [0.5, 0.6) is 5.75 Å². The molecule has 5 nitrogen and oxygen atoms in total. The Morgan fingerprint density at radius 1 is 1.05 bits per heavy atom. The van der Waals surface area contributed by atoms with Crippen LogP contribution in [0.2, 0.25) is 0 Å². The maximum atomic E-state index is 12.3. The van der Waals surface area contributed by atoms with E-state index < -0.39 is 6.09 Å². The Bertz CT molecular complexity index is 605. The number of hydrogen-bond acceptors (Lipinski definition) is 3. The lowest BCUT2D eigenvalue weighted by Gasteiger charge is -2.23. The first-order chi connectivity index (χ1) is 10.2. The molecule has 0 radical (unpaired) electrons. The number of thiocarbonyl (C=S) groups is 1. The predicted molar refractivity (Wildman–Crippen MR) is 86.2 cm³/mol. The average Bonchev–Trinajstić information content (AvgIpc) is 2.54. The van der Waals surface area contributed by atoms with Gasteiger partial charge in [-0.3, -0.25) is 5.43 Å². The van der Waals surface area contributed by atoms with Crippen molar-refractivity contribution in [3.8, 4) is 5.75 Å². The Morgan fingerprint density at radius 2 is 1.62 bits per heavy atom. The third-order valence-corrected chi connectivity index (χ3v) is 2.88. The van der Waals surface area contributed by atoms with Gasteiger partial charge in [0, 0.05) is 7.05 Å². The van der Waals surface area contributed by atoms with Crippen molar-refractivity contribution in [1.29, 1.82) is 0 Å². The van der Waals surface area contributed by atoms with Crippen LogP contribution in [0.15, 0.2) is 60.7 Å². The van der Waals surface area contributed by atoms with E-state index in [0.29, 0.717) is 16.5 Å². The molecule has 21 heavy (non-hydrogen) atoms. The zero-order chi connectivity index (χ0) is 15.1. The standard InChI is InChI=1S/C15H15N3O2S/c1-16-14(21)17-18(12-8-4-2-5-9-12)15(19)20-13-10-6-3-7-11-13/h2-11H,1H3,(H2,16,17,21). The Hall–Kier alpha value is -2.60. The van der Waals surface area contributed by atoms with Crippen LogP contribution in [0.3, 0.4) is 0 Å². The fraction of sp³-hybridized carbons (Fsp3) is 0.0667. The summed E-state index contributed by atoms with van der Waals surface area (Å²) >= 11 is 5.04. The van der Waals surface area contributed by atoms with Gasteiger partial charge in [-0.1, -0.05) is 36.4 Å². The van der Waals surface area contributed by atoms with E-state index in [2.05, 4.69) is 10.7 Å². The molecule has 0 aliphatic heterocycles. The van der Waals surface area contributed by atoms with Crippen molar-refractivity contribution in [1.82, 2.24) is 10.7 Å². The van der Waals surface area contributed by atoms with Crippen molar-refractivity contribution in [3.63, 3.8) is 0 Å². The van der Waals surface area contributed by atoms with Gasteiger partial charge in [0.25, 0.3) is 0 Å². The van der Waals surface area contributed by atoms with Crippen molar-refractivity contribution >= 4 is 29.1 Å². The number of carbonyl (C=O) groups is 1. The summed E-state index contributed by atoms with van der Waals surface area (Å²) in [4.78, 5) is 12.3. The van der Waals surface area contributed by atoms with Crippen LogP contribution in [-0.2, 0) is 0 Å². The van der Waals surface area contributed by atoms with Gasteiger partial charge in [0.05, 0.1) is 5.69 Å². The first kappa shape index (κ1) is 14.8. The van der Waals surface area contributed by atoms with Crippen LogP contribution in [0.1, 0.15) is 0 Å². The molecule has 1 amide bonds. The number of ether oxygens (including phenoxy) is 1. The van der Waals surface area contributed by atoms with Crippen molar-refractivity contribution < 1.29 is 9.53 Å². The van der Waals surface area contributed by atoms with E-state index in [1.54, 1.807) is 43.4 Å². The molecular formula is C15H15N3O2S. The van der Waals surface area contributed by atoms with E-state index >= 15 is 0 Å². The minimum absolute atomic E-state index is 0.309. The van der Waals surface area contributed by atoms with E-state index in [1.807, 2.05) is 24.3 Å². The Balaban J connectivity index is 2.18. The molecular weight excluding hydrogens is 286 g/mol. The number of rotatable bonds is 2. The van der Waals surface area contributed by atoms with Gasteiger partial charge in [-0.2, -0.15) is 5.01 Å². The lowest BCUT2D eigenvalue weighted by atomic mass is 10.3. The lowest BCUT2D eigenvalue weighted by molar-refractivity contribution is 0.206. The maximum Gasteiger partial charge on any atom is 0.438 e. The van der Waals surface area contributed by atoms with Gasteiger partial charge < -0.3 is 10.1 Å². The van der Waals surface area contributed by atoms with Crippen LogP contribution < -0.4 is 20.5 Å². The zero-order valence-corrected chi connectivity index (χ0v) is 12.3. The molecule has 2 N–H and O–H groups in total. The Kier molecular flexibility index (Phi) is 5.11. The highest BCUT2D eigenvalue weighted by atomic mass is 32.1. The number of hydrazine groups is 1. The number of carbonyl (C=O) groups excluding carboxylic acids is 1. The van der Waals surface area contributed by atoms with Gasteiger partial charge in [0.2, 0.25) is 0 Å². The van der Waals surface area contributed by atoms with Gasteiger partial charge in [-0.25, -0.2) is 4.79 Å². The number of para-hydroxylation sites is 2. The SMILES string of the molecule is CNC(=S)NN(C(=O)Oc1ccccc1)c1ccccc1. The zero-order valence-electron chi connectivity index (χ0n) is 11.4. The summed E-state index contributed by atoms with van der Waals surface area (Å²) in [6, 6.07) is 17.9. The minimum Gasteiger partial charge on any atom is -0.409 e. The molecule has 2 rings (SSSR count). The summed E-state index contributed by atoms with van der Waals surface area (Å²) in [5.41, 5.74) is 3.40. The Labute approximate surface area is 128 Å². The first-order valence-corrected chi connectivity index (χ1v) is 6.72. The van der Waals surface area contributed by atoms with E-state index in [0.717, 1.165) is 0 Å². The van der Waals surface area contributed by atoms with Gasteiger partial charge in [0.1, 0.15) is 5.75 Å². The topological polar surface area (TPSA) is 53.6 Å². The van der Waals surface area contributed by atoms with E-state index in [-0.39, 0.29) is 0 Å². The lowest BCUT2D eigenvalue weighted by Crippen LogP contribution is -2.50. The summed E-state index contributed by atoms with van der Waals surface area (Å²) in [5.74, 6) is 0.459. The molecule has 0 unspecified atom stereocenters. The molecule has 0 fully saturated rings. The Morgan fingerprint density at radius 3 is 2.19 bits per heavy atom. The number of anilines is 1. The van der Waals surface area contributed by atoms with E-state index in [4.69, 9.17) is 17.0 Å². The predicted octanol–water partition coefficient (Wildman–Crippen LogP) is 2.70. The molecule has 6 heteroatoms. The number of benzene rings is 2. The molecule has 0 saturated heterocycles. The smallest absolute Gasteiger partial charge is 0.409 e. The summed E-state index contributed by atoms with van der Waals surface area (Å²) < 4.78 is 5.31. The minimum atomic E-state index is -0.579. The number of nitrogens with one attached hydrogen (secondary N) is 2. The van der Waals surface area contributed by atoms with Gasteiger partial charge in [-0.05, 0) is 36.5 Å². The maximum absolute atomic E-state index is 12.3. The number of hydrogen-bond donors (Lipinski definition) is 2. The van der Waals surface area contributed by atoms with Crippen molar-refractivity contribution in [2.75, 3.05) is 12.1 Å². The molecule has 0 heterocycles. The summed E-state index contributed by atoms with van der Waals surface area (Å²) in [6.07, 6.45) is -0.579. The molecule has 0 saturated carbocycles. The fourth-order valence-corrected chi connectivity index (χ4v) is 1.68. The van der Waals surface area contributed by atoms with Crippen molar-refractivity contribution in [3.05, 3.63) is 60.7 Å². The van der Waals surface area contributed by atoms with Crippen LogP contribution in [0.25, 0.3) is 0 Å². The molecule has 0 spiro atoms. The highest BCUT2D eigenvalue weighted by molar-refractivity contribution is 7.80. The third kappa shape index (κ3) is 4.19. The molecule has 108 valence electrons. The second-order valence-electron chi connectivity index (χ2n) is 4.04. The summed E-state index contributed by atoms with van der Waals surface area (Å²) in [5, 5.41) is 4.31. The van der Waals surface area contributed by atoms with E-state index in [9.17, 15) is 4.79 Å². The third-order valence-electron chi connectivity index (χ3n) is 2.59. The number of nitrogens with zero attached hydrogens (tertiary/aromatic N) is 1. The first-order valence-electron chi connectivity index (χ1n) is 6.31. The molecule has 0 atom stereocenters. The van der Waals surface area contributed by atoms with E-state index in [1.165, 1.54) is 5.01 Å². The van der Waals surface area contributed by atoms with Crippen LogP contribution >= 0.6 is 12.2 Å². The molecule has 0 bridgehead atoms. The molecule has 0 aliphatic carbocycles. The molecule has 2 aromatic rings. The summed E-state index contributed by atoms with van der Waals surface area (Å²) in [7, 11) is 1.67.